The second-order valence-corrected chi connectivity index (χ2v) is 15.3. The van der Waals surface area contributed by atoms with Gasteiger partial charge >= 0.3 is 6.03 Å². The molecule has 61 heavy (non-hydrogen) atoms. The Morgan fingerprint density at radius 1 is 0.672 bits per heavy atom. The number of nitrogens with one attached hydrogen (secondary N) is 2. The Bertz CT molecular complexity index is 2740. The van der Waals surface area contributed by atoms with Crippen molar-refractivity contribution in [2.24, 2.45) is 0 Å². The summed E-state index contributed by atoms with van der Waals surface area (Å²) in [6.45, 7) is 2.05. The molecule has 310 valence electrons. The maximum absolute atomic E-state index is 13.8. The van der Waals surface area contributed by atoms with Crippen molar-refractivity contribution in [3.05, 3.63) is 108 Å². The lowest BCUT2D eigenvalue weighted by molar-refractivity contribution is -0.140. The molecule has 18 heteroatoms. The van der Waals surface area contributed by atoms with Crippen molar-refractivity contribution in [3.8, 4) is 22.5 Å². The number of fused-ring (bicyclic) bond motifs is 2. The van der Waals surface area contributed by atoms with Crippen molar-refractivity contribution in [3.63, 3.8) is 0 Å². The predicted molar refractivity (Wildman–Crippen MR) is 221 cm³/mol. The van der Waals surface area contributed by atoms with Gasteiger partial charge in [-0.2, -0.15) is 0 Å². The lowest BCUT2D eigenvalue weighted by Crippen LogP contribution is -2.65. The van der Waals surface area contributed by atoms with E-state index in [0.29, 0.717) is 77.0 Å². The van der Waals surface area contributed by atoms with E-state index in [4.69, 9.17) is 16.2 Å². The summed E-state index contributed by atoms with van der Waals surface area (Å²) in [4.78, 5) is 75.7. The van der Waals surface area contributed by atoms with Gasteiger partial charge in [-0.25, -0.2) is 33.5 Å². The first kappa shape index (κ1) is 39.1. The molecule has 0 bridgehead atoms. The molecule has 1 atom stereocenters. The van der Waals surface area contributed by atoms with Gasteiger partial charge in [0.05, 0.1) is 53.7 Å². The average molecular weight is 828 g/mol. The zero-order chi connectivity index (χ0) is 42.4. The topological polar surface area (TPSA) is 215 Å². The van der Waals surface area contributed by atoms with Crippen molar-refractivity contribution >= 4 is 57.2 Å². The summed E-state index contributed by atoms with van der Waals surface area (Å²) in [5.74, 6) is -1.48. The predicted octanol–water partition coefficient (Wildman–Crippen LogP) is 3.62. The van der Waals surface area contributed by atoms with Crippen LogP contribution in [0.5, 0.6) is 0 Å². The van der Waals surface area contributed by atoms with Gasteiger partial charge in [0.2, 0.25) is 5.91 Å². The molecular weight excluding hydrogens is 789 g/mol. The Balaban J connectivity index is 0.742. The number of likely N-dealkylation sites (tertiary alicyclic amines) is 2. The lowest BCUT2D eigenvalue weighted by Gasteiger charge is -2.44. The number of aromatic nitrogens is 4. The van der Waals surface area contributed by atoms with Crippen molar-refractivity contribution in [2.75, 3.05) is 57.3 Å². The fourth-order valence-electron chi connectivity index (χ4n) is 7.82. The first-order chi connectivity index (χ1) is 29.5. The number of ether oxygens (including phenoxy) is 1. The van der Waals surface area contributed by atoms with Gasteiger partial charge in [-0.1, -0.05) is 24.3 Å². The highest BCUT2D eigenvalue weighted by Gasteiger charge is 2.38. The van der Waals surface area contributed by atoms with E-state index >= 15 is 0 Å². The highest BCUT2D eigenvalue weighted by molar-refractivity contribution is 6.09. The molecule has 4 aromatic heterocycles. The number of carbonyl (C=O) groups is 4. The van der Waals surface area contributed by atoms with Crippen LogP contribution in [0.3, 0.4) is 0 Å². The fraction of sp³-hybridized carbons (Fsp3) is 0.256. The standard InChI is InChI=1S/C43H39F2N11O5/c44-25-5-1-3-23(13-25)34-9-7-30-32(16-48-39(46)37(30)52-34)41(58)50-27-18-55(19-27)36(57)15-29-22-54(11-12-61-29)43(60)56-20-28(21-56)51-42(59)33-17-49-40(47)38-31(33)8-10-35(53-38)24-4-2-6-26(45)14-24/h1-10,13-14,16-17,27-29H,11-12,15,18-22H2,(H2,46,48)(H2,47,49)(H,50,58)(H,51,59). The zero-order valence-electron chi connectivity index (χ0n) is 32.6. The number of urea groups is 1. The number of rotatable bonds is 8. The summed E-state index contributed by atoms with van der Waals surface area (Å²) < 4.78 is 33.5. The van der Waals surface area contributed by atoms with Crippen LogP contribution >= 0.6 is 0 Å². The maximum atomic E-state index is 13.8. The number of pyridine rings is 4. The molecule has 3 aliphatic heterocycles. The lowest BCUT2D eigenvalue weighted by atomic mass is 10.0. The summed E-state index contributed by atoms with van der Waals surface area (Å²) in [6, 6.07) is 18.0. The minimum absolute atomic E-state index is 0.0666. The number of benzene rings is 2. The Morgan fingerprint density at radius 2 is 1.18 bits per heavy atom. The highest BCUT2D eigenvalue weighted by Crippen LogP contribution is 2.29. The van der Waals surface area contributed by atoms with Crippen molar-refractivity contribution in [1.29, 1.82) is 0 Å². The molecule has 7 heterocycles. The third-order valence-electron chi connectivity index (χ3n) is 11.1. The summed E-state index contributed by atoms with van der Waals surface area (Å²) in [5.41, 5.74) is 15.5. The van der Waals surface area contributed by atoms with Crippen molar-refractivity contribution < 1.29 is 32.7 Å². The van der Waals surface area contributed by atoms with Crippen LogP contribution in [0.15, 0.2) is 85.2 Å². The van der Waals surface area contributed by atoms with Gasteiger partial charge in [0.25, 0.3) is 11.8 Å². The quantitative estimate of drug-likeness (QED) is 0.174. The molecule has 1 unspecified atom stereocenters. The Hall–Kier alpha value is -7.34. The van der Waals surface area contributed by atoms with Crippen LogP contribution in [0.2, 0.25) is 0 Å². The van der Waals surface area contributed by atoms with E-state index in [9.17, 15) is 28.0 Å². The van der Waals surface area contributed by atoms with E-state index in [1.54, 1.807) is 63.2 Å². The normalized spacial score (nSPS) is 16.9. The SMILES string of the molecule is Nc1ncc(C(=O)NC2CN(C(=O)CC3CN(C(=O)N4CC(NC(=O)c5cnc(N)c6nc(-c7cccc(F)c7)ccc56)C4)CCO3)C2)c2ccc(-c3cccc(F)c3)nc12. The van der Waals surface area contributed by atoms with E-state index in [-0.39, 0.29) is 66.4 Å². The Morgan fingerprint density at radius 3 is 1.69 bits per heavy atom. The monoisotopic (exact) mass is 827 g/mol. The van der Waals surface area contributed by atoms with Crippen LogP contribution < -0.4 is 22.1 Å². The number of amides is 5. The Kier molecular flexibility index (Phi) is 10.3. The zero-order valence-corrected chi connectivity index (χ0v) is 32.6. The second-order valence-electron chi connectivity index (χ2n) is 15.3. The number of morpholine rings is 1. The molecule has 5 amide bonds. The van der Waals surface area contributed by atoms with Crippen molar-refractivity contribution in [2.45, 2.75) is 24.6 Å². The number of nitrogen functional groups attached to an aromatic ring is 2. The molecule has 3 fully saturated rings. The molecule has 6 aromatic rings. The molecular formula is C43H39F2N11O5. The molecule has 0 spiro atoms. The number of hydrogen-bond acceptors (Lipinski definition) is 11. The van der Waals surface area contributed by atoms with E-state index in [1.807, 2.05) is 0 Å². The van der Waals surface area contributed by atoms with Gasteiger partial charge in [-0.3, -0.25) is 14.4 Å². The minimum Gasteiger partial charge on any atom is -0.382 e. The van der Waals surface area contributed by atoms with Crippen LogP contribution in [0.4, 0.5) is 25.2 Å². The number of nitrogens with two attached hydrogens (primary N) is 2. The first-order valence-electron chi connectivity index (χ1n) is 19.6. The molecule has 0 aliphatic carbocycles. The van der Waals surface area contributed by atoms with Crippen LogP contribution in [-0.2, 0) is 9.53 Å². The van der Waals surface area contributed by atoms with Crippen LogP contribution in [-0.4, -0.2) is 122 Å². The summed E-state index contributed by atoms with van der Waals surface area (Å²) in [5, 5.41) is 6.89. The number of hydrogen-bond donors (Lipinski definition) is 4. The largest absolute Gasteiger partial charge is 0.382 e. The van der Waals surface area contributed by atoms with Gasteiger partial charge in [-0.15, -0.1) is 0 Å². The number of carbonyl (C=O) groups excluding carboxylic acids is 4. The second kappa shape index (κ2) is 16.0. The van der Waals surface area contributed by atoms with Crippen molar-refractivity contribution in [1.82, 2.24) is 45.3 Å². The average Bonchev–Trinajstić information content (AvgIpc) is 3.23. The Labute approximate surface area is 346 Å². The fourth-order valence-corrected chi connectivity index (χ4v) is 7.82. The maximum Gasteiger partial charge on any atom is 0.320 e. The molecule has 6 N–H and O–H groups in total. The summed E-state index contributed by atoms with van der Waals surface area (Å²) in [6.07, 6.45) is 2.33. The van der Waals surface area contributed by atoms with E-state index in [0.717, 1.165) is 0 Å². The molecule has 2 aromatic carbocycles. The number of anilines is 2. The smallest absolute Gasteiger partial charge is 0.320 e. The first-order valence-corrected chi connectivity index (χ1v) is 19.6. The third kappa shape index (κ3) is 7.92. The van der Waals surface area contributed by atoms with E-state index in [1.165, 1.54) is 36.7 Å². The minimum atomic E-state index is -0.506. The molecule has 0 radical (unpaired) electrons. The van der Waals surface area contributed by atoms with E-state index in [2.05, 4.69) is 30.6 Å². The van der Waals surface area contributed by atoms with Crippen LogP contribution in [0, 0.1) is 11.6 Å². The molecule has 0 saturated carbocycles. The highest BCUT2D eigenvalue weighted by atomic mass is 19.1. The summed E-state index contributed by atoms with van der Waals surface area (Å²) >= 11 is 0. The third-order valence-corrected chi connectivity index (χ3v) is 11.1. The van der Waals surface area contributed by atoms with Gasteiger partial charge in [0, 0.05) is 73.6 Å². The molecule has 16 nitrogen and oxygen atoms in total. The summed E-state index contributed by atoms with van der Waals surface area (Å²) in [7, 11) is 0. The van der Waals surface area contributed by atoms with E-state index < -0.39 is 29.6 Å². The van der Waals surface area contributed by atoms with Gasteiger partial charge in [0.1, 0.15) is 34.3 Å². The number of nitrogens with zero attached hydrogens (tertiary/aromatic N) is 7. The van der Waals surface area contributed by atoms with Crippen LogP contribution in [0.25, 0.3) is 44.3 Å². The number of halogens is 2. The molecule has 9 rings (SSSR count). The van der Waals surface area contributed by atoms with Gasteiger partial charge < -0.3 is 41.5 Å². The van der Waals surface area contributed by atoms with Gasteiger partial charge in [0.15, 0.2) is 0 Å². The molecule has 3 aliphatic rings. The molecule has 3 saturated heterocycles. The van der Waals surface area contributed by atoms with Gasteiger partial charge in [-0.05, 0) is 48.5 Å². The van der Waals surface area contributed by atoms with Crippen LogP contribution in [0.1, 0.15) is 27.1 Å².